The van der Waals surface area contributed by atoms with E-state index >= 15 is 0 Å². The Kier molecular flexibility index (Phi) is 7.34. The second kappa shape index (κ2) is 10.0. The molecule has 2 aromatic heterocycles. The lowest BCUT2D eigenvalue weighted by Gasteiger charge is -2.19. The largest absolute Gasteiger partial charge is 0.497 e. The van der Waals surface area contributed by atoms with Crippen LogP contribution in [0.15, 0.2) is 53.5 Å². The van der Waals surface area contributed by atoms with E-state index < -0.39 is 33.3 Å². The van der Waals surface area contributed by atoms with Gasteiger partial charge in [-0.05, 0) is 29.8 Å². The van der Waals surface area contributed by atoms with E-state index in [-0.39, 0.29) is 29.9 Å². The highest BCUT2D eigenvalue weighted by Crippen LogP contribution is 2.31. The number of rotatable bonds is 9. The lowest BCUT2D eigenvalue weighted by Crippen LogP contribution is -2.35. The van der Waals surface area contributed by atoms with Crippen molar-refractivity contribution in [3.63, 3.8) is 0 Å². The highest BCUT2D eigenvalue weighted by molar-refractivity contribution is 7.89. The number of nitrogens with zero attached hydrogens (tertiary/aromatic N) is 3. The van der Waals surface area contributed by atoms with E-state index in [9.17, 15) is 23.1 Å². The number of hydrogen-bond acceptors (Lipinski definition) is 7. The Morgan fingerprint density at radius 1 is 1.21 bits per heavy atom. The number of carbonyl (C=O) groups excluding carboxylic acids is 1. The van der Waals surface area contributed by atoms with E-state index in [1.54, 1.807) is 42.5 Å². The highest BCUT2D eigenvalue weighted by atomic mass is 32.2. The number of sulfonamides is 1. The maximum Gasteiger partial charge on any atom is 0.265 e. The number of benzene rings is 1. The van der Waals surface area contributed by atoms with Crippen molar-refractivity contribution in [3.8, 4) is 11.6 Å². The number of aromatic nitrogens is 2. The molecule has 0 bridgehead atoms. The molecule has 11 heteroatoms. The number of amides is 1. The number of nitrogens with one attached hydrogen (secondary N) is 1. The van der Waals surface area contributed by atoms with Crippen LogP contribution in [0.3, 0.4) is 0 Å². The van der Waals surface area contributed by atoms with Crippen molar-refractivity contribution in [1.29, 1.82) is 0 Å². The Bertz CT molecular complexity index is 1300. The molecule has 0 saturated carbocycles. The Morgan fingerprint density at radius 3 is 2.55 bits per heavy atom. The molecule has 1 atom stereocenters. The predicted molar refractivity (Wildman–Crippen MR) is 123 cm³/mol. The zero-order valence-electron chi connectivity index (χ0n) is 18.6. The van der Waals surface area contributed by atoms with Gasteiger partial charge in [0.05, 0.1) is 18.4 Å². The molecule has 2 N–H and O–H groups in total. The van der Waals surface area contributed by atoms with E-state index in [0.717, 1.165) is 4.31 Å². The second-order valence-electron chi connectivity index (χ2n) is 7.56. The molecule has 0 aliphatic heterocycles. The molecule has 0 spiro atoms. The summed E-state index contributed by atoms with van der Waals surface area (Å²) >= 11 is 0. The minimum atomic E-state index is -3.47. The maximum atomic E-state index is 13.2. The molecule has 1 amide bonds. The van der Waals surface area contributed by atoms with Crippen LogP contribution < -0.4 is 15.6 Å². The predicted octanol–water partition coefficient (Wildman–Crippen LogP) is 0.938. The van der Waals surface area contributed by atoms with Gasteiger partial charge in [0.25, 0.3) is 5.56 Å². The molecule has 0 fully saturated rings. The topological polar surface area (TPSA) is 130 Å². The molecule has 10 nitrogen and oxygen atoms in total. The van der Waals surface area contributed by atoms with Gasteiger partial charge in [-0.1, -0.05) is 18.2 Å². The monoisotopic (exact) mass is 474 g/mol. The Morgan fingerprint density at radius 2 is 1.91 bits per heavy atom. The Balaban J connectivity index is 1.95. The fourth-order valence-corrected chi connectivity index (χ4v) is 4.10. The molecule has 2 heterocycles. The molecule has 0 saturated heterocycles. The third-order valence-electron chi connectivity index (χ3n) is 5.24. The molecule has 1 aromatic carbocycles. The minimum Gasteiger partial charge on any atom is -0.497 e. The van der Waals surface area contributed by atoms with Gasteiger partial charge in [-0.2, -0.15) is 4.98 Å². The van der Waals surface area contributed by atoms with Crippen LogP contribution in [0, 0.1) is 0 Å². The van der Waals surface area contributed by atoms with Gasteiger partial charge in [0, 0.05) is 39.2 Å². The van der Waals surface area contributed by atoms with E-state index in [4.69, 9.17) is 4.74 Å². The summed E-state index contributed by atoms with van der Waals surface area (Å²) in [7, 11) is 0.883. The summed E-state index contributed by atoms with van der Waals surface area (Å²) in [4.78, 5) is 30.0. The summed E-state index contributed by atoms with van der Waals surface area (Å²) in [6.07, 6.45) is 1.34. The van der Waals surface area contributed by atoms with Gasteiger partial charge in [0.15, 0.2) is 0 Å². The highest BCUT2D eigenvalue weighted by Gasteiger charge is 2.27. The van der Waals surface area contributed by atoms with Crippen LogP contribution in [0.2, 0.25) is 0 Å². The summed E-state index contributed by atoms with van der Waals surface area (Å²) < 4.78 is 31.4. The summed E-state index contributed by atoms with van der Waals surface area (Å²) in [6, 6.07) is 11.7. The second-order valence-corrected chi connectivity index (χ2v) is 9.86. The first-order valence-electron chi connectivity index (χ1n) is 10.1. The normalized spacial score (nSPS) is 12.6. The lowest BCUT2D eigenvalue weighted by molar-refractivity contribution is -0.121. The van der Waals surface area contributed by atoms with Crippen molar-refractivity contribution < 1.29 is 23.1 Å². The summed E-state index contributed by atoms with van der Waals surface area (Å²) in [5.74, 6) is -1.42. The zero-order chi connectivity index (χ0) is 24.2. The standard InChI is InChI=1S/C22H26N4O6S/c1-25(2)33(30,31)13-11-23-19(27)14-17(15-7-9-16(32-3)10-8-15)20-21(28)24-18-6-4-5-12-26(18)22(20)29/h4-10,12,17,28H,11,13-14H2,1-3H3,(H,23,27). The zero-order valence-corrected chi connectivity index (χ0v) is 19.4. The average Bonchev–Trinajstić information content (AvgIpc) is 2.78. The van der Waals surface area contributed by atoms with E-state index in [1.807, 2.05) is 0 Å². The van der Waals surface area contributed by atoms with Gasteiger partial charge >= 0.3 is 0 Å². The summed E-state index contributed by atoms with van der Waals surface area (Å²) in [6.45, 7) is -0.0877. The van der Waals surface area contributed by atoms with Gasteiger partial charge in [-0.3, -0.25) is 14.0 Å². The quantitative estimate of drug-likeness (QED) is 0.472. The van der Waals surface area contributed by atoms with Crippen LogP contribution in [-0.4, -0.2) is 66.6 Å². The first-order valence-corrected chi connectivity index (χ1v) is 11.8. The molecule has 0 radical (unpaired) electrons. The van der Waals surface area contributed by atoms with Gasteiger partial charge in [-0.25, -0.2) is 12.7 Å². The molecule has 0 aliphatic rings. The smallest absolute Gasteiger partial charge is 0.265 e. The SMILES string of the molecule is COc1ccc(C(CC(=O)NCCS(=O)(=O)N(C)C)c2c(O)nc3ccccn3c2=O)cc1. The van der Waals surface area contributed by atoms with Crippen molar-refractivity contribution in [2.24, 2.45) is 0 Å². The first kappa shape index (κ1) is 24.2. The number of pyridine rings is 1. The first-order chi connectivity index (χ1) is 15.6. The van der Waals surface area contributed by atoms with Crippen LogP contribution in [0.4, 0.5) is 0 Å². The number of hydrogen-bond donors (Lipinski definition) is 2. The maximum absolute atomic E-state index is 13.2. The molecule has 3 rings (SSSR count). The fraction of sp³-hybridized carbons (Fsp3) is 0.318. The van der Waals surface area contributed by atoms with Gasteiger partial charge in [0.1, 0.15) is 11.4 Å². The van der Waals surface area contributed by atoms with E-state index in [2.05, 4.69) is 10.3 Å². The molecule has 176 valence electrons. The van der Waals surface area contributed by atoms with Crippen molar-refractivity contribution >= 4 is 21.6 Å². The van der Waals surface area contributed by atoms with Crippen molar-refractivity contribution in [3.05, 3.63) is 70.1 Å². The fourth-order valence-electron chi connectivity index (χ4n) is 3.38. The number of aromatic hydroxyl groups is 1. The van der Waals surface area contributed by atoms with Crippen molar-refractivity contribution in [1.82, 2.24) is 19.0 Å². The van der Waals surface area contributed by atoms with Crippen LogP contribution in [0.1, 0.15) is 23.5 Å². The molecule has 1 unspecified atom stereocenters. The molecule has 3 aromatic rings. The van der Waals surface area contributed by atoms with Crippen molar-refractivity contribution in [2.75, 3.05) is 33.5 Å². The van der Waals surface area contributed by atoms with Crippen LogP contribution in [0.25, 0.3) is 5.65 Å². The molecular formula is C22H26N4O6S. The van der Waals surface area contributed by atoms with Crippen LogP contribution >= 0.6 is 0 Å². The lowest BCUT2D eigenvalue weighted by atomic mass is 9.89. The molecular weight excluding hydrogens is 448 g/mol. The third-order valence-corrected chi connectivity index (χ3v) is 7.08. The van der Waals surface area contributed by atoms with E-state index in [1.165, 1.54) is 31.8 Å². The third kappa shape index (κ3) is 5.49. The Hall–Kier alpha value is -3.44. The Labute approximate surface area is 191 Å². The van der Waals surface area contributed by atoms with Gasteiger partial charge in [-0.15, -0.1) is 0 Å². The average molecular weight is 475 g/mol. The molecule has 33 heavy (non-hydrogen) atoms. The number of methoxy groups -OCH3 is 1. The number of ether oxygens (including phenoxy) is 1. The number of carbonyl (C=O) groups is 1. The van der Waals surface area contributed by atoms with Gasteiger partial charge < -0.3 is 15.2 Å². The van der Waals surface area contributed by atoms with Crippen LogP contribution in [0.5, 0.6) is 11.6 Å². The van der Waals surface area contributed by atoms with E-state index in [0.29, 0.717) is 11.3 Å². The minimum absolute atomic E-state index is 0.0278. The van der Waals surface area contributed by atoms with Crippen molar-refractivity contribution in [2.45, 2.75) is 12.3 Å². The molecule has 0 aliphatic carbocycles. The van der Waals surface area contributed by atoms with Crippen LogP contribution in [-0.2, 0) is 14.8 Å². The number of fused-ring (bicyclic) bond motifs is 1. The summed E-state index contributed by atoms with van der Waals surface area (Å²) in [5.41, 5.74) is 0.342. The van der Waals surface area contributed by atoms with Gasteiger partial charge in [0.2, 0.25) is 21.8 Å². The summed E-state index contributed by atoms with van der Waals surface area (Å²) in [5, 5.41) is 13.2.